The van der Waals surface area contributed by atoms with Crippen molar-refractivity contribution in [2.75, 3.05) is 18.6 Å². The summed E-state index contributed by atoms with van der Waals surface area (Å²) in [6.07, 6.45) is 0.269. The van der Waals surface area contributed by atoms with E-state index in [9.17, 15) is 9.59 Å². The van der Waals surface area contributed by atoms with Gasteiger partial charge >= 0.3 is 6.03 Å². The van der Waals surface area contributed by atoms with Crippen LogP contribution in [0.2, 0.25) is 5.02 Å². The van der Waals surface area contributed by atoms with Gasteiger partial charge in [-0.2, -0.15) is 0 Å². The molecule has 3 rings (SSSR count). The molecule has 1 heterocycles. The van der Waals surface area contributed by atoms with Gasteiger partial charge in [0, 0.05) is 30.2 Å². The number of hydrogen-bond acceptors (Lipinski definition) is 3. The van der Waals surface area contributed by atoms with E-state index < -0.39 is 0 Å². The second-order valence-electron chi connectivity index (χ2n) is 6.02. The van der Waals surface area contributed by atoms with E-state index in [1.54, 1.807) is 30.2 Å². The average molecular weight is 374 g/mol. The van der Waals surface area contributed by atoms with Crippen LogP contribution >= 0.6 is 11.6 Å². The summed E-state index contributed by atoms with van der Waals surface area (Å²) in [6.45, 7) is 0.763. The summed E-state index contributed by atoms with van der Waals surface area (Å²) < 4.78 is 5.13. The molecule has 0 aromatic heterocycles. The van der Waals surface area contributed by atoms with Crippen molar-refractivity contribution >= 4 is 29.2 Å². The second-order valence-corrected chi connectivity index (χ2v) is 6.43. The Morgan fingerprint density at radius 2 is 1.96 bits per heavy atom. The SMILES string of the molecule is COc1ccc(N2CC(NC(=O)NCc3ccccc3Cl)CC2=O)cc1. The quantitative estimate of drug-likeness (QED) is 0.846. The molecule has 1 unspecified atom stereocenters. The Hall–Kier alpha value is -2.73. The number of rotatable bonds is 5. The van der Waals surface area contributed by atoms with Crippen LogP contribution in [0.5, 0.6) is 5.75 Å². The number of methoxy groups -OCH3 is 1. The standard InChI is InChI=1S/C19H20ClN3O3/c1-26-16-8-6-15(7-9-16)23-12-14(10-18(23)24)22-19(25)21-11-13-4-2-3-5-17(13)20/h2-9,14H,10-12H2,1H3,(H2,21,22,25). The fraction of sp³-hybridized carbons (Fsp3) is 0.263. The zero-order valence-electron chi connectivity index (χ0n) is 14.4. The Morgan fingerprint density at radius 3 is 2.65 bits per heavy atom. The highest BCUT2D eigenvalue weighted by Gasteiger charge is 2.31. The fourth-order valence-electron chi connectivity index (χ4n) is 2.87. The van der Waals surface area contributed by atoms with Gasteiger partial charge in [0.25, 0.3) is 0 Å². The van der Waals surface area contributed by atoms with Crippen LogP contribution in [0, 0.1) is 0 Å². The molecule has 1 aliphatic rings. The molecule has 26 heavy (non-hydrogen) atoms. The lowest BCUT2D eigenvalue weighted by Crippen LogP contribution is -2.43. The molecule has 6 nitrogen and oxygen atoms in total. The first-order valence-electron chi connectivity index (χ1n) is 8.29. The lowest BCUT2D eigenvalue weighted by molar-refractivity contribution is -0.117. The van der Waals surface area contributed by atoms with Crippen LogP contribution in [-0.2, 0) is 11.3 Å². The number of halogens is 1. The van der Waals surface area contributed by atoms with Crippen molar-refractivity contribution in [3.63, 3.8) is 0 Å². The molecule has 1 saturated heterocycles. The Balaban J connectivity index is 1.53. The van der Waals surface area contributed by atoms with Crippen LogP contribution in [0.1, 0.15) is 12.0 Å². The number of amides is 3. The van der Waals surface area contributed by atoms with E-state index >= 15 is 0 Å². The molecule has 2 aromatic rings. The Kier molecular flexibility index (Phi) is 5.63. The number of ether oxygens (including phenoxy) is 1. The molecule has 1 aliphatic heterocycles. The van der Waals surface area contributed by atoms with Crippen LogP contribution < -0.4 is 20.3 Å². The largest absolute Gasteiger partial charge is 0.497 e. The third-order valence-corrected chi connectivity index (χ3v) is 4.61. The number of benzene rings is 2. The first kappa shape index (κ1) is 18.1. The third-order valence-electron chi connectivity index (χ3n) is 4.24. The van der Waals surface area contributed by atoms with E-state index in [0.717, 1.165) is 17.0 Å². The minimum absolute atomic E-state index is 0.0217. The number of hydrogen-bond donors (Lipinski definition) is 2. The fourth-order valence-corrected chi connectivity index (χ4v) is 3.07. The predicted molar refractivity (Wildman–Crippen MR) is 101 cm³/mol. The van der Waals surface area contributed by atoms with Crippen LogP contribution in [0.4, 0.5) is 10.5 Å². The maximum absolute atomic E-state index is 12.3. The third kappa shape index (κ3) is 4.26. The van der Waals surface area contributed by atoms with Gasteiger partial charge in [0.1, 0.15) is 5.75 Å². The molecular weight excluding hydrogens is 354 g/mol. The van der Waals surface area contributed by atoms with E-state index in [2.05, 4.69) is 10.6 Å². The molecule has 1 fully saturated rings. The molecule has 2 N–H and O–H groups in total. The van der Waals surface area contributed by atoms with Crippen molar-refractivity contribution in [3.05, 3.63) is 59.1 Å². The lowest BCUT2D eigenvalue weighted by atomic mass is 10.2. The topological polar surface area (TPSA) is 70.7 Å². The Bertz CT molecular complexity index is 795. The molecule has 0 aliphatic carbocycles. The van der Waals surface area contributed by atoms with E-state index in [1.807, 2.05) is 30.3 Å². The smallest absolute Gasteiger partial charge is 0.315 e. The second kappa shape index (κ2) is 8.10. The van der Waals surface area contributed by atoms with Crippen LogP contribution in [0.3, 0.4) is 0 Å². The number of urea groups is 1. The monoisotopic (exact) mass is 373 g/mol. The molecule has 136 valence electrons. The Morgan fingerprint density at radius 1 is 1.23 bits per heavy atom. The molecule has 1 atom stereocenters. The first-order chi connectivity index (χ1) is 12.6. The average Bonchev–Trinajstić information content (AvgIpc) is 3.01. The maximum Gasteiger partial charge on any atom is 0.315 e. The van der Waals surface area contributed by atoms with E-state index in [4.69, 9.17) is 16.3 Å². The molecule has 3 amide bonds. The van der Waals surface area contributed by atoms with E-state index in [-0.39, 0.29) is 24.4 Å². The molecule has 0 saturated carbocycles. The van der Waals surface area contributed by atoms with Crippen LogP contribution in [0.25, 0.3) is 0 Å². The zero-order valence-corrected chi connectivity index (χ0v) is 15.1. The van der Waals surface area contributed by atoms with Gasteiger partial charge in [-0.15, -0.1) is 0 Å². The first-order valence-corrected chi connectivity index (χ1v) is 8.67. The van der Waals surface area contributed by atoms with E-state index in [1.165, 1.54) is 0 Å². The maximum atomic E-state index is 12.3. The van der Waals surface area contributed by atoms with Gasteiger partial charge in [-0.3, -0.25) is 4.79 Å². The summed E-state index contributed by atoms with van der Waals surface area (Å²) in [5, 5.41) is 6.22. The van der Waals surface area contributed by atoms with Gasteiger partial charge in [-0.05, 0) is 35.9 Å². The van der Waals surface area contributed by atoms with Gasteiger partial charge in [0.2, 0.25) is 5.91 Å². The zero-order chi connectivity index (χ0) is 18.5. The predicted octanol–water partition coefficient (Wildman–Crippen LogP) is 2.95. The number of carbonyl (C=O) groups excluding carboxylic acids is 2. The number of carbonyl (C=O) groups is 2. The normalized spacial score (nSPS) is 16.5. The lowest BCUT2D eigenvalue weighted by Gasteiger charge is -2.18. The number of nitrogens with zero attached hydrogens (tertiary/aromatic N) is 1. The van der Waals surface area contributed by atoms with Gasteiger partial charge in [-0.1, -0.05) is 29.8 Å². The van der Waals surface area contributed by atoms with Crippen LogP contribution in [-0.4, -0.2) is 31.6 Å². The molecular formula is C19H20ClN3O3. The number of nitrogens with one attached hydrogen (secondary N) is 2. The van der Waals surface area contributed by atoms with Crippen molar-refractivity contribution in [1.82, 2.24) is 10.6 Å². The number of anilines is 1. The summed E-state index contributed by atoms with van der Waals surface area (Å²) >= 11 is 6.07. The minimum atomic E-state index is -0.320. The molecule has 0 bridgehead atoms. The molecule has 0 radical (unpaired) electrons. The van der Waals surface area contributed by atoms with Crippen molar-refractivity contribution in [2.45, 2.75) is 19.0 Å². The van der Waals surface area contributed by atoms with Gasteiger partial charge < -0.3 is 20.3 Å². The van der Waals surface area contributed by atoms with E-state index in [0.29, 0.717) is 18.1 Å². The summed E-state index contributed by atoms with van der Waals surface area (Å²) in [6, 6.07) is 14.0. The van der Waals surface area contributed by atoms with Crippen molar-refractivity contribution in [1.29, 1.82) is 0 Å². The molecule has 0 spiro atoms. The van der Waals surface area contributed by atoms with Gasteiger partial charge in [0.05, 0.1) is 13.2 Å². The summed E-state index contributed by atoms with van der Waals surface area (Å²) in [4.78, 5) is 26.0. The van der Waals surface area contributed by atoms with Crippen molar-refractivity contribution in [2.24, 2.45) is 0 Å². The molecule has 7 heteroatoms. The highest BCUT2D eigenvalue weighted by atomic mass is 35.5. The van der Waals surface area contributed by atoms with Gasteiger partial charge in [0.15, 0.2) is 0 Å². The molecule has 2 aromatic carbocycles. The van der Waals surface area contributed by atoms with Crippen molar-refractivity contribution in [3.8, 4) is 5.75 Å². The van der Waals surface area contributed by atoms with Crippen molar-refractivity contribution < 1.29 is 14.3 Å². The van der Waals surface area contributed by atoms with Gasteiger partial charge in [-0.25, -0.2) is 4.79 Å². The summed E-state index contributed by atoms with van der Waals surface area (Å²) in [5.41, 5.74) is 1.63. The van der Waals surface area contributed by atoms with Crippen LogP contribution in [0.15, 0.2) is 48.5 Å². The highest BCUT2D eigenvalue weighted by Crippen LogP contribution is 2.24. The Labute approximate surface area is 157 Å². The summed E-state index contributed by atoms with van der Waals surface area (Å²) in [7, 11) is 1.59. The summed E-state index contributed by atoms with van der Waals surface area (Å²) in [5.74, 6) is 0.709. The highest BCUT2D eigenvalue weighted by molar-refractivity contribution is 6.31. The minimum Gasteiger partial charge on any atom is -0.497 e.